The first-order valence-corrected chi connectivity index (χ1v) is 11.3. The van der Waals surface area contributed by atoms with Gasteiger partial charge < -0.3 is 4.90 Å². The molecule has 0 radical (unpaired) electrons. The minimum Gasteiger partial charge on any atom is -0.347 e. The van der Waals surface area contributed by atoms with Crippen LogP contribution in [0.5, 0.6) is 0 Å². The van der Waals surface area contributed by atoms with Gasteiger partial charge in [0.15, 0.2) is 0 Å². The third-order valence-electron chi connectivity index (χ3n) is 6.04. The molecule has 9 heteroatoms. The number of likely N-dealkylation sites (N-methyl/N-ethyl adjacent to an activating group) is 1. The molecule has 170 valence electrons. The molecule has 3 aromatic rings. The van der Waals surface area contributed by atoms with E-state index in [4.69, 9.17) is 23.2 Å². The van der Waals surface area contributed by atoms with Crippen molar-refractivity contribution in [3.05, 3.63) is 68.3 Å². The molecule has 0 spiro atoms. The molecule has 4 rings (SSSR count). The largest absolute Gasteiger partial charge is 0.347 e. The molecule has 0 atom stereocenters. The fourth-order valence-electron chi connectivity index (χ4n) is 4.24. The van der Waals surface area contributed by atoms with Crippen molar-refractivity contribution >= 4 is 40.1 Å². The molecule has 2 aromatic carbocycles. The molecule has 0 aliphatic carbocycles. The molecule has 1 aliphatic rings. The van der Waals surface area contributed by atoms with Gasteiger partial charge in [0.25, 0.3) is 0 Å². The zero-order valence-electron chi connectivity index (χ0n) is 18.0. The number of carbonyl (C=O) groups excluding carboxylic acids is 1. The average molecular weight is 479 g/mol. The molecule has 0 N–H and O–H groups in total. The number of aromatic nitrogens is 2. The van der Waals surface area contributed by atoms with Gasteiger partial charge in [0, 0.05) is 39.8 Å². The van der Waals surface area contributed by atoms with E-state index >= 15 is 0 Å². The zero-order chi connectivity index (χ0) is 23.0. The number of halogens is 3. The third-order valence-corrected chi connectivity index (χ3v) is 6.76. The van der Waals surface area contributed by atoms with Crippen molar-refractivity contribution in [2.45, 2.75) is 32.0 Å². The highest BCUT2D eigenvalue weighted by atomic mass is 35.5. The van der Waals surface area contributed by atoms with Crippen molar-refractivity contribution in [2.75, 3.05) is 27.2 Å². The molecule has 1 aliphatic heterocycles. The van der Waals surface area contributed by atoms with Crippen molar-refractivity contribution in [3.63, 3.8) is 0 Å². The number of carbonyl (C=O) groups is 1. The lowest BCUT2D eigenvalue weighted by Crippen LogP contribution is -2.38. The number of amides is 1. The van der Waals surface area contributed by atoms with E-state index in [-0.39, 0.29) is 30.0 Å². The van der Waals surface area contributed by atoms with Crippen LogP contribution in [0.3, 0.4) is 0 Å². The molecule has 1 fully saturated rings. The number of piperidine rings is 1. The second-order valence-corrected chi connectivity index (χ2v) is 9.23. The number of rotatable bonds is 5. The molecular formula is C23H25Cl2FN4O2. The topological polar surface area (TPSA) is 50.5 Å². The lowest BCUT2D eigenvalue weighted by atomic mass is 10.0. The Morgan fingerprint density at radius 1 is 1.06 bits per heavy atom. The summed E-state index contributed by atoms with van der Waals surface area (Å²) in [5, 5.41) is 0.717. The van der Waals surface area contributed by atoms with E-state index in [1.54, 1.807) is 42.9 Å². The first kappa shape index (κ1) is 22.8. The SMILES string of the molecule is CN(C)C(=O)Cn1c(=O)n(C2CCN(Cc3ccc(F)cc3)CC2)c2cc(Cl)c(Cl)cc21. The molecule has 1 amide bonds. The number of fused-ring (bicyclic) bond motifs is 1. The first-order chi connectivity index (χ1) is 15.2. The molecule has 1 saturated heterocycles. The highest BCUT2D eigenvalue weighted by Crippen LogP contribution is 2.31. The van der Waals surface area contributed by atoms with Gasteiger partial charge in [-0.05, 0) is 42.7 Å². The maximum absolute atomic E-state index is 13.4. The number of benzene rings is 2. The average Bonchev–Trinajstić information content (AvgIpc) is 3.01. The Kier molecular flexibility index (Phi) is 6.60. The molecular weight excluding hydrogens is 454 g/mol. The monoisotopic (exact) mass is 478 g/mol. The van der Waals surface area contributed by atoms with Gasteiger partial charge >= 0.3 is 5.69 Å². The number of likely N-dealkylation sites (tertiary alicyclic amines) is 1. The normalized spacial score (nSPS) is 15.4. The van der Waals surface area contributed by atoms with Gasteiger partial charge in [0.05, 0.1) is 21.1 Å². The minimum absolute atomic E-state index is 0.0116. The lowest BCUT2D eigenvalue weighted by Gasteiger charge is -2.32. The predicted molar refractivity (Wildman–Crippen MR) is 125 cm³/mol. The molecule has 32 heavy (non-hydrogen) atoms. The Balaban J connectivity index is 1.61. The Hall–Kier alpha value is -2.35. The number of imidazole rings is 1. The summed E-state index contributed by atoms with van der Waals surface area (Å²) in [7, 11) is 3.32. The molecule has 2 heterocycles. The van der Waals surface area contributed by atoms with E-state index in [9.17, 15) is 14.0 Å². The Labute approximate surface area is 195 Å². The fraction of sp³-hybridized carbons (Fsp3) is 0.391. The van der Waals surface area contributed by atoms with E-state index < -0.39 is 0 Å². The Morgan fingerprint density at radius 3 is 2.25 bits per heavy atom. The van der Waals surface area contributed by atoms with Gasteiger partial charge in [0.2, 0.25) is 5.91 Å². The van der Waals surface area contributed by atoms with Crippen LogP contribution < -0.4 is 5.69 Å². The predicted octanol–water partition coefficient (Wildman–Crippen LogP) is 4.17. The Morgan fingerprint density at radius 2 is 1.66 bits per heavy atom. The zero-order valence-corrected chi connectivity index (χ0v) is 19.5. The standard InChI is InChI=1S/C23H25Cl2FN4O2/c1-27(2)22(31)14-29-20-11-18(24)19(25)12-21(20)30(23(29)32)17-7-9-28(10-8-17)13-15-3-5-16(26)6-4-15/h3-6,11-12,17H,7-10,13-14H2,1-2H3. The summed E-state index contributed by atoms with van der Waals surface area (Å²) in [5.74, 6) is -0.416. The minimum atomic E-state index is -0.241. The van der Waals surface area contributed by atoms with E-state index in [1.807, 2.05) is 0 Å². The van der Waals surface area contributed by atoms with Crippen LogP contribution >= 0.6 is 23.2 Å². The summed E-state index contributed by atoms with van der Waals surface area (Å²) in [4.78, 5) is 29.5. The fourth-order valence-corrected chi connectivity index (χ4v) is 4.55. The second kappa shape index (κ2) is 9.25. The molecule has 0 unspecified atom stereocenters. The highest BCUT2D eigenvalue weighted by molar-refractivity contribution is 6.42. The number of hydrogen-bond donors (Lipinski definition) is 0. The van der Waals surface area contributed by atoms with Gasteiger partial charge in [-0.25, -0.2) is 9.18 Å². The maximum atomic E-state index is 13.4. The lowest BCUT2D eigenvalue weighted by molar-refractivity contribution is -0.129. The van der Waals surface area contributed by atoms with Crippen LogP contribution in [0.25, 0.3) is 11.0 Å². The van der Waals surface area contributed by atoms with Gasteiger partial charge in [-0.15, -0.1) is 0 Å². The third kappa shape index (κ3) is 4.56. The van der Waals surface area contributed by atoms with Gasteiger partial charge in [-0.1, -0.05) is 35.3 Å². The van der Waals surface area contributed by atoms with Crippen molar-refractivity contribution in [2.24, 2.45) is 0 Å². The van der Waals surface area contributed by atoms with E-state index in [0.717, 1.165) is 38.0 Å². The van der Waals surface area contributed by atoms with Crippen molar-refractivity contribution in [3.8, 4) is 0 Å². The maximum Gasteiger partial charge on any atom is 0.329 e. The van der Waals surface area contributed by atoms with Gasteiger partial charge in [-0.3, -0.25) is 18.8 Å². The van der Waals surface area contributed by atoms with Crippen LogP contribution in [-0.4, -0.2) is 52.0 Å². The van der Waals surface area contributed by atoms with Crippen LogP contribution in [0, 0.1) is 5.82 Å². The highest BCUT2D eigenvalue weighted by Gasteiger charge is 2.26. The summed E-state index contributed by atoms with van der Waals surface area (Å²) >= 11 is 12.5. The van der Waals surface area contributed by atoms with E-state index in [1.165, 1.54) is 21.6 Å². The summed E-state index contributed by atoms with van der Waals surface area (Å²) < 4.78 is 16.4. The van der Waals surface area contributed by atoms with E-state index in [0.29, 0.717) is 21.1 Å². The van der Waals surface area contributed by atoms with Crippen molar-refractivity contribution in [1.82, 2.24) is 18.9 Å². The van der Waals surface area contributed by atoms with Crippen LogP contribution in [0.1, 0.15) is 24.4 Å². The number of nitrogens with zero attached hydrogens (tertiary/aromatic N) is 4. The quantitative estimate of drug-likeness (QED) is 0.552. The second-order valence-electron chi connectivity index (χ2n) is 8.42. The van der Waals surface area contributed by atoms with Crippen LogP contribution in [0.4, 0.5) is 4.39 Å². The summed E-state index contributed by atoms with van der Waals surface area (Å²) in [5.41, 5.74) is 2.12. The molecule has 1 aromatic heterocycles. The number of hydrogen-bond acceptors (Lipinski definition) is 3. The van der Waals surface area contributed by atoms with Crippen molar-refractivity contribution in [1.29, 1.82) is 0 Å². The Bertz CT molecular complexity index is 1200. The molecule has 0 saturated carbocycles. The van der Waals surface area contributed by atoms with Crippen LogP contribution in [0.2, 0.25) is 10.0 Å². The van der Waals surface area contributed by atoms with Gasteiger partial charge in [-0.2, -0.15) is 0 Å². The van der Waals surface area contributed by atoms with E-state index in [2.05, 4.69) is 4.90 Å². The summed E-state index contributed by atoms with van der Waals surface area (Å²) in [6.45, 7) is 2.29. The summed E-state index contributed by atoms with van der Waals surface area (Å²) in [6.07, 6.45) is 1.56. The van der Waals surface area contributed by atoms with Crippen LogP contribution in [0.15, 0.2) is 41.2 Å². The first-order valence-electron chi connectivity index (χ1n) is 10.5. The molecule has 6 nitrogen and oxygen atoms in total. The summed E-state index contributed by atoms with van der Waals surface area (Å²) in [6, 6.07) is 9.90. The van der Waals surface area contributed by atoms with Crippen molar-refractivity contribution < 1.29 is 9.18 Å². The van der Waals surface area contributed by atoms with Gasteiger partial charge in [0.1, 0.15) is 12.4 Å². The smallest absolute Gasteiger partial charge is 0.329 e. The van der Waals surface area contributed by atoms with Crippen LogP contribution in [-0.2, 0) is 17.9 Å². The molecule has 0 bridgehead atoms.